The van der Waals surface area contributed by atoms with Gasteiger partial charge >= 0.3 is 0 Å². The Morgan fingerprint density at radius 2 is 1.83 bits per heavy atom. The summed E-state index contributed by atoms with van der Waals surface area (Å²) in [4.78, 5) is 4.70. The van der Waals surface area contributed by atoms with Gasteiger partial charge < -0.3 is 0 Å². The molecule has 3 heteroatoms. The first kappa shape index (κ1) is 15.6. The molecule has 1 heterocycles. The second-order valence-corrected chi connectivity index (χ2v) is 7.06. The molecule has 0 atom stereocenters. The van der Waals surface area contributed by atoms with E-state index in [4.69, 9.17) is 4.99 Å². The van der Waals surface area contributed by atoms with Gasteiger partial charge in [-0.1, -0.05) is 63.2 Å². The third-order valence-electron chi connectivity index (χ3n) is 4.16. The van der Waals surface area contributed by atoms with Gasteiger partial charge in [0.05, 0.1) is 12.2 Å². The number of amidine groups is 1. The third-order valence-corrected chi connectivity index (χ3v) is 4.16. The van der Waals surface area contributed by atoms with Crippen molar-refractivity contribution in [1.82, 2.24) is 5.43 Å². The number of hydrogen-bond acceptors (Lipinski definition) is 2. The highest BCUT2D eigenvalue weighted by Crippen LogP contribution is 2.26. The van der Waals surface area contributed by atoms with Crippen molar-refractivity contribution in [2.24, 2.45) is 4.99 Å². The molecule has 0 radical (unpaired) electrons. The van der Waals surface area contributed by atoms with Crippen LogP contribution < -0.4 is 10.4 Å². The molecule has 0 aliphatic carbocycles. The molecule has 23 heavy (non-hydrogen) atoms. The van der Waals surface area contributed by atoms with E-state index in [1.54, 1.807) is 0 Å². The molecule has 3 nitrogen and oxygen atoms in total. The van der Waals surface area contributed by atoms with Crippen LogP contribution in [0.5, 0.6) is 0 Å². The van der Waals surface area contributed by atoms with Crippen molar-refractivity contribution in [2.45, 2.75) is 39.2 Å². The number of hydrogen-bond donors (Lipinski definition) is 1. The summed E-state index contributed by atoms with van der Waals surface area (Å²) in [6.07, 6.45) is 0.965. The molecule has 0 saturated carbocycles. The fourth-order valence-corrected chi connectivity index (χ4v) is 2.70. The van der Waals surface area contributed by atoms with E-state index in [0.29, 0.717) is 0 Å². The molecular formula is C20H25N3. The number of aliphatic imine (C=N–C) groups is 1. The molecule has 3 rings (SSSR count). The van der Waals surface area contributed by atoms with E-state index in [9.17, 15) is 0 Å². The molecule has 0 spiro atoms. The molecule has 1 fully saturated rings. The first-order valence-corrected chi connectivity index (χ1v) is 8.24. The average Bonchev–Trinajstić information content (AvgIpc) is 3.02. The molecule has 0 unspecified atom stereocenters. The van der Waals surface area contributed by atoms with Crippen LogP contribution in [0.1, 0.15) is 38.3 Å². The minimum atomic E-state index is 0.167. The zero-order valence-corrected chi connectivity index (χ0v) is 14.2. The van der Waals surface area contributed by atoms with Gasteiger partial charge in [-0.3, -0.25) is 15.4 Å². The first-order chi connectivity index (χ1) is 11.0. The summed E-state index contributed by atoms with van der Waals surface area (Å²) in [6, 6.07) is 19.1. The number of nitrogens with one attached hydrogen (secondary N) is 1. The van der Waals surface area contributed by atoms with E-state index in [0.717, 1.165) is 25.3 Å². The van der Waals surface area contributed by atoms with Crippen LogP contribution in [0.15, 0.2) is 59.6 Å². The Kier molecular flexibility index (Phi) is 4.37. The summed E-state index contributed by atoms with van der Waals surface area (Å²) in [5, 5.41) is 2.19. The quantitative estimate of drug-likeness (QED) is 0.915. The van der Waals surface area contributed by atoms with Crippen molar-refractivity contribution in [2.75, 3.05) is 11.6 Å². The number of hydrazine groups is 1. The SMILES string of the molecule is CC(C)(C)c1cccc(N2CCC(=NCc3ccccc3)N2)c1. The van der Waals surface area contributed by atoms with Gasteiger partial charge in [0, 0.05) is 13.0 Å². The van der Waals surface area contributed by atoms with Crippen molar-refractivity contribution < 1.29 is 0 Å². The number of nitrogens with zero attached hydrogens (tertiary/aromatic N) is 2. The maximum Gasteiger partial charge on any atom is 0.117 e. The maximum atomic E-state index is 4.70. The summed E-state index contributed by atoms with van der Waals surface area (Å²) < 4.78 is 0. The lowest BCUT2D eigenvalue weighted by Gasteiger charge is -2.23. The largest absolute Gasteiger partial charge is 0.286 e. The molecule has 1 aliphatic rings. The van der Waals surface area contributed by atoms with Crippen LogP contribution in [0.2, 0.25) is 0 Å². The summed E-state index contributed by atoms with van der Waals surface area (Å²) in [5.41, 5.74) is 7.42. The zero-order chi connectivity index (χ0) is 16.3. The Hall–Kier alpha value is -2.29. The van der Waals surface area contributed by atoms with Crippen molar-refractivity contribution in [3.63, 3.8) is 0 Å². The number of rotatable bonds is 3. The molecule has 120 valence electrons. The molecule has 0 bridgehead atoms. The van der Waals surface area contributed by atoms with Crippen LogP contribution in [-0.2, 0) is 12.0 Å². The Labute approximate surface area is 139 Å². The van der Waals surface area contributed by atoms with E-state index in [2.05, 4.69) is 79.7 Å². The standard InChI is InChI=1S/C20H25N3/c1-20(2,3)17-10-7-11-18(14-17)23-13-12-19(22-23)21-15-16-8-5-4-6-9-16/h4-11,14H,12-13,15H2,1-3H3,(H,21,22). The predicted octanol–water partition coefficient (Wildman–Crippen LogP) is 4.30. The van der Waals surface area contributed by atoms with Gasteiger partial charge in [-0.05, 0) is 28.7 Å². The monoisotopic (exact) mass is 307 g/mol. The number of benzene rings is 2. The van der Waals surface area contributed by atoms with Crippen LogP contribution in [-0.4, -0.2) is 12.4 Å². The van der Waals surface area contributed by atoms with E-state index in [1.807, 2.05) is 6.07 Å². The minimum absolute atomic E-state index is 0.167. The van der Waals surface area contributed by atoms with E-state index >= 15 is 0 Å². The van der Waals surface area contributed by atoms with Crippen molar-refractivity contribution >= 4 is 11.5 Å². The first-order valence-electron chi connectivity index (χ1n) is 8.24. The van der Waals surface area contributed by atoms with Gasteiger partial charge in [0.1, 0.15) is 5.84 Å². The highest BCUT2D eigenvalue weighted by Gasteiger charge is 2.19. The van der Waals surface area contributed by atoms with Crippen LogP contribution in [0.3, 0.4) is 0 Å². The second-order valence-electron chi connectivity index (χ2n) is 7.06. The van der Waals surface area contributed by atoms with Gasteiger partial charge in [-0.25, -0.2) is 0 Å². The molecule has 1 aliphatic heterocycles. The van der Waals surface area contributed by atoms with Crippen molar-refractivity contribution in [1.29, 1.82) is 0 Å². The van der Waals surface area contributed by atoms with Crippen molar-refractivity contribution in [3.05, 3.63) is 65.7 Å². The summed E-state index contributed by atoms with van der Waals surface area (Å²) in [5.74, 6) is 1.06. The Bertz CT molecular complexity index is 684. The lowest BCUT2D eigenvalue weighted by molar-refractivity contribution is 0.590. The summed E-state index contributed by atoms with van der Waals surface area (Å²) in [6.45, 7) is 8.43. The summed E-state index contributed by atoms with van der Waals surface area (Å²) >= 11 is 0. The smallest absolute Gasteiger partial charge is 0.117 e. The minimum Gasteiger partial charge on any atom is -0.286 e. The molecule has 1 N–H and O–H groups in total. The fourth-order valence-electron chi connectivity index (χ4n) is 2.70. The fraction of sp³-hybridized carbons (Fsp3) is 0.350. The van der Waals surface area contributed by atoms with Gasteiger partial charge in [0.2, 0.25) is 0 Å². The molecule has 0 aromatic heterocycles. The predicted molar refractivity (Wildman–Crippen MR) is 97.8 cm³/mol. The normalized spacial score (nSPS) is 16.7. The molecule has 2 aromatic rings. The van der Waals surface area contributed by atoms with Gasteiger partial charge in [-0.15, -0.1) is 0 Å². The topological polar surface area (TPSA) is 27.6 Å². The van der Waals surface area contributed by atoms with Gasteiger partial charge in [0.25, 0.3) is 0 Å². The van der Waals surface area contributed by atoms with E-state index < -0.39 is 0 Å². The highest BCUT2D eigenvalue weighted by molar-refractivity contribution is 5.87. The lowest BCUT2D eigenvalue weighted by Crippen LogP contribution is -2.33. The Balaban J connectivity index is 1.68. The lowest BCUT2D eigenvalue weighted by atomic mass is 9.87. The van der Waals surface area contributed by atoms with Gasteiger partial charge in [-0.2, -0.15) is 0 Å². The zero-order valence-electron chi connectivity index (χ0n) is 14.2. The van der Waals surface area contributed by atoms with E-state index in [1.165, 1.54) is 16.8 Å². The molecule has 1 saturated heterocycles. The Morgan fingerprint density at radius 3 is 2.57 bits per heavy atom. The molecular weight excluding hydrogens is 282 g/mol. The maximum absolute atomic E-state index is 4.70. The van der Waals surface area contributed by atoms with Gasteiger partial charge in [0.15, 0.2) is 0 Å². The molecule has 2 aromatic carbocycles. The summed E-state index contributed by atoms with van der Waals surface area (Å²) in [7, 11) is 0. The van der Waals surface area contributed by atoms with Crippen LogP contribution >= 0.6 is 0 Å². The number of anilines is 1. The average molecular weight is 307 g/mol. The van der Waals surface area contributed by atoms with Crippen molar-refractivity contribution in [3.8, 4) is 0 Å². The van der Waals surface area contributed by atoms with Crippen LogP contribution in [0.25, 0.3) is 0 Å². The third kappa shape index (κ3) is 3.92. The van der Waals surface area contributed by atoms with Crippen LogP contribution in [0, 0.1) is 0 Å². The molecule has 0 amide bonds. The second kappa shape index (κ2) is 6.45. The Morgan fingerprint density at radius 1 is 1.04 bits per heavy atom. The van der Waals surface area contributed by atoms with E-state index in [-0.39, 0.29) is 5.41 Å². The van der Waals surface area contributed by atoms with Crippen LogP contribution in [0.4, 0.5) is 5.69 Å². The highest BCUT2D eigenvalue weighted by atomic mass is 15.5.